The standard InChI is InChI=1S/C21H20FNO2/c22-19-8-4-3-6-16(19)11-12-21(25)23-20(14-24)18-10-9-15-5-1-2-7-17(15)13-18/h1-10,13,20,24H,11-12,14H2,(H,23,25)/t20-/m0/s1. The van der Waals surface area contributed by atoms with Crippen LogP contribution >= 0.6 is 0 Å². The molecule has 0 unspecified atom stereocenters. The number of aliphatic hydroxyl groups is 1. The SMILES string of the molecule is O=C(CCc1ccccc1F)N[C@@H](CO)c1ccc2ccccc2c1. The van der Waals surface area contributed by atoms with Crippen LogP contribution < -0.4 is 5.32 Å². The molecule has 0 aliphatic rings. The number of rotatable bonds is 6. The Labute approximate surface area is 146 Å². The van der Waals surface area contributed by atoms with Gasteiger partial charge in [-0.2, -0.15) is 0 Å². The Morgan fingerprint density at radius 3 is 2.48 bits per heavy atom. The summed E-state index contributed by atoms with van der Waals surface area (Å²) < 4.78 is 13.6. The molecule has 0 spiro atoms. The fourth-order valence-corrected chi connectivity index (χ4v) is 2.87. The second-order valence-electron chi connectivity index (χ2n) is 6.00. The molecule has 0 saturated heterocycles. The summed E-state index contributed by atoms with van der Waals surface area (Å²) in [5, 5.41) is 14.6. The van der Waals surface area contributed by atoms with E-state index in [0.29, 0.717) is 12.0 Å². The van der Waals surface area contributed by atoms with Gasteiger partial charge in [0.2, 0.25) is 5.91 Å². The summed E-state index contributed by atoms with van der Waals surface area (Å²) in [6.45, 7) is -0.191. The molecule has 3 rings (SSSR count). The lowest BCUT2D eigenvalue weighted by atomic mass is 10.0. The monoisotopic (exact) mass is 337 g/mol. The lowest BCUT2D eigenvalue weighted by molar-refractivity contribution is -0.122. The minimum absolute atomic E-state index is 0.172. The van der Waals surface area contributed by atoms with E-state index in [0.717, 1.165) is 16.3 Å². The number of hydrogen-bond acceptors (Lipinski definition) is 2. The van der Waals surface area contributed by atoms with Crippen molar-refractivity contribution in [2.75, 3.05) is 6.61 Å². The van der Waals surface area contributed by atoms with Crippen LogP contribution in [0.2, 0.25) is 0 Å². The average Bonchev–Trinajstić information content (AvgIpc) is 2.65. The van der Waals surface area contributed by atoms with Crippen molar-refractivity contribution < 1.29 is 14.3 Å². The number of aliphatic hydroxyl groups excluding tert-OH is 1. The van der Waals surface area contributed by atoms with Gasteiger partial charge in [0, 0.05) is 6.42 Å². The van der Waals surface area contributed by atoms with E-state index in [9.17, 15) is 14.3 Å². The summed E-state index contributed by atoms with van der Waals surface area (Å²) in [6.07, 6.45) is 0.499. The van der Waals surface area contributed by atoms with E-state index in [4.69, 9.17) is 0 Å². The lowest BCUT2D eigenvalue weighted by Gasteiger charge is -2.17. The molecule has 0 fully saturated rings. The fourth-order valence-electron chi connectivity index (χ4n) is 2.87. The molecule has 0 aliphatic carbocycles. The van der Waals surface area contributed by atoms with Gasteiger partial charge < -0.3 is 10.4 Å². The molecule has 0 bridgehead atoms. The van der Waals surface area contributed by atoms with E-state index in [2.05, 4.69) is 5.32 Å². The van der Waals surface area contributed by atoms with Crippen molar-refractivity contribution >= 4 is 16.7 Å². The van der Waals surface area contributed by atoms with Crippen LogP contribution in [0.25, 0.3) is 10.8 Å². The van der Waals surface area contributed by atoms with Gasteiger partial charge >= 0.3 is 0 Å². The van der Waals surface area contributed by atoms with Crippen LogP contribution in [-0.2, 0) is 11.2 Å². The minimum Gasteiger partial charge on any atom is -0.394 e. The first kappa shape index (κ1) is 17.1. The Morgan fingerprint density at radius 2 is 1.72 bits per heavy atom. The third kappa shape index (κ3) is 4.22. The van der Waals surface area contributed by atoms with E-state index in [-0.39, 0.29) is 24.8 Å². The normalized spacial score (nSPS) is 12.1. The number of aryl methyl sites for hydroxylation is 1. The van der Waals surface area contributed by atoms with Crippen molar-refractivity contribution in [2.45, 2.75) is 18.9 Å². The number of halogens is 1. The highest BCUT2D eigenvalue weighted by molar-refractivity contribution is 5.83. The van der Waals surface area contributed by atoms with Gasteiger partial charge in [-0.25, -0.2) is 4.39 Å². The smallest absolute Gasteiger partial charge is 0.220 e. The highest BCUT2D eigenvalue weighted by Crippen LogP contribution is 2.20. The summed E-state index contributed by atoms with van der Waals surface area (Å²) in [6, 6.07) is 19.7. The molecule has 1 atom stereocenters. The highest BCUT2D eigenvalue weighted by Gasteiger charge is 2.14. The molecule has 0 radical (unpaired) electrons. The second kappa shape index (κ2) is 7.90. The molecular formula is C21H20FNO2. The van der Waals surface area contributed by atoms with Gasteiger partial charge in [-0.3, -0.25) is 4.79 Å². The van der Waals surface area contributed by atoms with Crippen molar-refractivity contribution in [3.63, 3.8) is 0 Å². The molecule has 0 heterocycles. The maximum atomic E-state index is 13.6. The lowest BCUT2D eigenvalue weighted by Crippen LogP contribution is -2.31. The Balaban J connectivity index is 1.66. The Morgan fingerprint density at radius 1 is 1.00 bits per heavy atom. The number of carbonyl (C=O) groups excluding carboxylic acids is 1. The van der Waals surface area contributed by atoms with Gasteiger partial charge in [-0.05, 0) is 40.5 Å². The topological polar surface area (TPSA) is 49.3 Å². The Bertz CT molecular complexity index is 878. The molecule has 25 heavy (non-hydrogen) atoms. The van der Waals surface area contributed by atoms with E-state index in [1.54, 1.807) is 18.2 Å². The van der Waals surface area contributed by atoms with Gasteiger partial charge in [-0.1, -0.05) is 54.6 Å². The van der Waals surface area contributed by atoms with Crippen molar-refractivity contribution in [3.05, 3.63) is 83.7 Å². The molecule has 1 amide bonds. The predicted molar refractivity (Wildman–Crippen MR) is 96.6 cm³/mol. The summed E-state index contributed by atoms with van der Waals surface area (Å²) in [5.74, 6) is -0.515. The van der Waals surface area contributed by atoms with Crippen molar-refractivity contribution in [1.82, 2.24) is 5.32 Å². The molecule has 4 heteroatoms. The Kier molecular flexibility index (Phi) is 5.41. The van der Waals surface area contributed by atoms with Gasteiger partial charge in [0.25, 0.3) is 0 Å². The zero-order valence-corrected chi connectivity index (χ0v) is 13.8. The number of hydrogen-bond donors (Lipinski definition) is 2. The molecule has 3 aromatic carbocycles. The van der Waals surface area contributed by atoms with E-state index < -0.39 is 6.04 Å². The van der Waals surface area contributed by atoms with E-state index >= 15 is 0 Å². The molecule has 3 nitrogen and oxygen atoms in total. The van der Waals surface area contributed by atoms with Gasteiger partial charge in [0.05, 0.1) is 12.6 Å². The number of benzene rings is 3. The maximum Gasteiger partial charge on any atom is 0.220 e. The zero-order valence-electron chi connectivity index (χ0n) is 13.8. The number of fused-ring (bicyclic) bond motifs is 1. The first-order chi connectivity index (χ1) is 12.2. The van der Waals surface area contributed by atoms with Gasteiger partial charge in [-0.15, -0.1) is 0 Å². The zero-order chi connectivity index (χ0) is 17.6. The number of nitrogens with one attached hydrogen (secondary N) is 1. The minimum atomic E-state index is -0.474. The highest BCUT2D eigenvalue weighted by atomic mass is 19.1. The third-order valence-corrected chi connectivity index (χ3v) is 4.27. The molecule has 0 saturated carbocycles. The van der Waals surface area contributed by atoms with Crippen molar-refractivity contribution in [2.24, 2.45) is 0 Å². The summed E-state index contributed by atoms with van der Waals surface area (Å²) in [4.78, 5) is 12.2. The van der Waals surface area contributed by atoms with Crippen LogP contribution in [0.3, 0.4) is 0 Å². The van der Waals surface area contributed by atoms with Gasteiger partial charge in [0.15, 0.2) is 0 Å². The molecule has 0 aromatic heterocycles. The maximum absolute atomic E-state index is 13.6. The fraction of sp³-hybridized carbons (Fsp3) is 0.190. The molecular weight excluding hydrogens is 317 g/mol. The van der Waals surface area contributed by atoms with Crippen LogP contribution in [0.1, 0.15) is 23.6 Å². The first-order valence-electron chi connectivity index (χ1n) is 8.29. The van der Waals surface area contributed by atoms with Crippen LogP contribution in [0, 0.1) is 5.82 Å². The van der Waals surface area contributed by atoms with Crippen LogP contribution in [0.5, 0.6) is 0 Å². The quantitative estimate of drug-likeness (QED) is 0.719. The summed E-state index contributed by atoms with van der Waals surface area (Å²) in [5.41, 5.74) is 1.37. The summed E-state index contributed by atoms with van der Waals surface area (Å²) in [7, 11) is 0. The second-order valence-corrected chi connectivity index (χ2v) is 6.00. The van der Waals surface area contributed by atoms with Crippen molar-refractivity contribution in [3.8, 4) is 0 Å². The van der Waals surface area contributed by atoms with Crippen LogP contribution in [0.4, 0.5) is 4.39 Å². The predicted octanol–water partition coefficient (Wildman–Crippen LogP) is 3.76. The molecule has 2 N–H and O–H groups in total. The molecule has 0 aliphatic heterocycles. The largest absolute Gasteiger partial charge is 0.394 e. The molecule has 128 valence electrons. The third-order valence-electron chi connectivity index (χ3n) is 4.27. The van der Waals surface area contributed by atoms with Crippen LogP contribution in [0.15, 0.2) is 66.7 Å². The van der Waals surface area contributed by atoms with Crippen LogP contribution in [-0.4, -0.2) is 17.6 Å². The number of amides is 1. The Hall–Kier alpha value is -2.72. The first-order valence-corrected chi connectivity index (χ1v) is 8.29. The summed E-state index contributed by atoms with van der Waals surface area (Å²) >= 11 is 0. The van der Waals surface area contributed by atoms with Gasteiger partial charge in [0.1, 0.15) is 5.82 Å². The molecule has 3 aromatic rings. The average molecular weight is 337 g/mol. The van der Waals surface area contributed by atoms with E-state index in [1.165, 1.54) is 6.07 Å². The van der Waals surface area contributed by atoms with Crippen molar-refractivity contribution in [1.29, 1.82) is 0 Å². The van der Waals surface area contributed by atoms with E-state index in [1.807, 2.05) is 42.5 Å². The number of carbonyl (C=O) groups is 1.